The van der Waals surface area contributed by atoms with Gasteiger partial charge in [0.15, 0.2) is 0 Å². The molecule has 6 nitrogen and oxygen atoms in total. The van der Waals surface area contributed by atoms with Crippen molar-refractivity contribution in [3.8, 4) is 0 Å². The maximum absolute atomic E-state index is 12.8. The van der Waals surface area contributed by atoms with Crippen LogP contribution in [0, 0.1) is 5.41 Å². The minimum Gasteiger partial charge on any atom is -0.342 e. The summed E-state index contributed by atoms with van der Waals surface area (Å²) >= 11 is 1.43. The monoisotopic (exact) mass is 349 g/mol. The van der Waals surface area contributed by atoms with Crippen LogP contribution in [0.4, 0.5) is 0 Å². The molecule has 0 aliphatic carbocycles. The smallest absolute Gasteiger partial charge is 0.263 e. The van der Waals surface area contributed by atoms with Crippen molar-refractivity contribution in [2.75, 3.05) is 39.3 Å². The molecule has 1 aromatic rings. The van der Waals surface area contributed by atoms with E-state index < -0.39 is 0 Å². The maximum atomic E-state index is 12.8. The van der Waals surface area contributed by atoms with E-state index in [9.17, 15) is 14.4 Å². The van der Waals surface area contributed by atoms with Crippen molar-refractivity contribution in [2.45, 2.75) is 20.3 Å². The molecule has 0 saturated carbocycles. The Morgan fingerprint density at radius 2 is 1.92 bits per heavy atom. The van der Waals surface area contributed by atoms with E-state index in [0.29, 0.717) is 50.6 Å². The minimum absolute atomic E-state index is 0.00203. The number of nitrogens with zero attached hydrogens (tertiary/aromatic N) is 3. The van der Waals surface area contributed by atoms with Gasteiger partial charge in [0.1, 0.15) is 0 Å². The molecule has 0 N–H and O–H groups in total. The molecule has 1 atom stereocenters. The van der Waals surface area contributed by atoms with Gasteiger partial charge in [-0.3, -0.25) is 14.4 Å². The van der Waals surface area contributed by atoms with Gasteiger partial charge in [0.25, 0.3) is 5.91 Å². The number of amides is 3. The molecular weight excluding hydrogens is 326 g/mol. The summed E-state index contributed by atoms with van der Waals surface area (Å²) < 4.78 is 0. The molecule has 3 amide bonds. The van der Waals surface area contributed by atoms with Crippen LogP contribution in [-0.4, -0.2) is 71.7 Å². The van der Waals surface area contributed by atoms with Crippen molar-refractivity contribution >= 4 is 29.1 Å². The Morgan fingerprint density at radius 3 is 2.50 bits per heavy atom. The van der Waals surface area contributed by atoms with E-state index in [1.807, 2.05) is 34.2 Å². The Balaban J connectivity index is 1.87. The van der Waals surface area contributed by atoms with E-state index in [2.05, 4.69) is 0 Å². The third-order valence-corrected chi connectivity index (χ3v) is 5.80. The summed E-state index contributed by atoms with van der Waals surface area (Å²) in [7, 11) is 0. The Kier molecular flexibility index (Phi) is 4.62. The first-order valence-electron chi connectivity index (χ1n) is 8.30. The van der Waals surface area contributed by atoms with Crippen molar-refractivity contribution in [1.29, 1.82) is 0 Å². The van der Waals surface area contributed by atoms with Gasteiger partial charge in [-0.2, -0.15) is 0 Å². The van der Waals surface area contributed by atoms with Gasteiger partial charge in [-0.15, -0.1) is 11.3 Å². The fourth-order valence-electron chi connectivity index (χ4n) is 3.74. The lowest BCUT2D eigenvalue weighted by atomic mass is 9.86. The van der Waals surface area contributed by atoms with Crippen molar-refractivity contribution in [2.24, 2.45) is 5.41 Å². The maximum Gasteiger partial charge on any atom is 0.263 e. The Labute approximate surface area is 146 Å². The highest BCUT2D eigenvalue weighted by Crippen LogP contribution is 2.35. The van der Waals surface area contributed by atoms with Gasteiger partial charge in [-0.25, -0.2) is 0 Å². The van der Waals surface area contributed by atoms with E-state index >= 15 is 0 Å². The van der Waals surface area contributed by atoms with Gasteiger partial charge in [-0.05, 0) is 18.4 Å². The van der Waals surface area contributed by atoms with Gasteiger partial charge in [-0.1, -0.05) is 6.07 Å². The van der Waals surface area contributed by atoms with Crippen LogP contribution in [0.2, 0.25) is 0 Å². The zero-order chi connectivity index (χ0) is 17.3. The average molecular weight is 349 g/mol. The highest BCUT2D eigenvalue weighted by molar-refractivity contribution is 7.12. The summed E-state index contributed by atoms with van der Waals surface area (Å²) in [6.07, 6.45) is 0.402. The third-order valence-electron chi connectivity index (χ3n) is 4.94. The zero-order valence-corrected chi connectivity index (χ0v) is 15.0. The lowest BCUT2D eigenvalue weighted by Crippen LogP contribution is -2.45. The van der Waals surface area contributed by atoms with Crippen molar-refractivity contribution in [3.63, 3.8) is 0 Å². The van der Waals surface area contributed by atoms with Crippen LogP contribution < -0.4 is 0 Å². The lowest BCUT2D eigenvalue weighted by molar-refractivity contribution is -0.130. The van der Waals surface area contributed by atoms with Crippen LogP contribution in [0.3, 0.4) is 0 Å². The highest BCUT2D eigenvalue weighted by Gasteiger charge is 2.47. The lowest BCUT2D eigenvalue weighted by Gasteiger charge is -2.33. The molecule has 0 aromatic carbocycles. The molecule has 7 heteroatoms. The first kappa shape index (κ1) is 17.0. The first-order chi connectivity index (χ1) is 11.4. The summed E-state index contributed by atoms with van der Waals surface area (Å²) in [5.41, 5.74) is -0.359. The molecule has 130 valence electrons. The SMILES string of the molecule is CCN1CC2(CC1=O)CN(C(C)=O)CCN(C(=O)c1cccs1)C2. The summed E-state index contributed by atoms with van der Waals surface area (Å²) in [4.78, 5) is 43.2. The van der Waals surface area contributed by atoms with E-state index in [1.54, 1.807) is 11.8 Å². The van der Waals surface area contributed by atoms with Gasteiger partial charge in [0.05, 0.1) is 4.88 Å². The second kappa shape index (κ2) is 6.55. The predicted molar refractivity (Wildman–Crippen MR) is 91.8 cm³/mol. The third kappa shape index (κ3) is 3.17. The molecule has 24 heavy (non-hydrogen) atoms. The van der Waals surface area contributed by atoms with E-state index in [1.165, 1.54) is 11.3 Å². The van der Waals surface area contributed by atoms with Gasteiger partial charge in [0.2, 0.25) is 11.8 Å². The standard InChI is InChI=1S/C17H23N3O3S/c1-3-18-10-17(9-15(18)22)11-19(13(2)21)6-7-20(12-17)16(23)14-5-4-8-24-14/h4-5,8H,3,6-7,9-12H2,1-2H3. The molecule has 0 radical (unpaired) electrons. The molecule has 2 saturated heterocycles. The quantitative estimate of drug-likeness (QED) is 0.808. The number of hydrogen-bond donors (Lipinski definition) is 0. The van der Waals surface area contributed by atoms with Crippen LogP contribution in [-0.2, 0) is 9.59 Å². The Morgan fingerprint density at radius 1 is 1.21 bits per heavy atom. The second-order valence-corrected chi connectivity index (χ2v) is 7.68. The van der Waals surface area contributed by atoms with Crippen LogP contribution in [0.15, 0.2) is 17.5 Å². The molecule has 2 fully saturated rings. The van der Waals surface area contributed by atoms with Crippen LogP contribution in [0.25, 0.3) is 0 Å². The van der Waals surface area contributed by atoms with Crippen LogP contribution in [0.5, 0.6) is 0 Å². The molecule has 1 aromatic heterocycles. The largest absolute Gasteiger partial charge is 0.342 e. The van der Waals surface area contributed by atoms with Gasteiger partial charge < -0.3 is 14.7 Å². The number of carbonyl (C=O) groups is 3. The molecule has 1 spiro atoms. The first-order valence-corrected chi connectivity index (χ1v) is 9.18. The average Bonchev–Trinajstić information content (AvgIpc) is 3.12. The number of thiophene rings is 1. The Hall–Kier alpha value is -1.89. The summed E-state index contributed by atoms with van der Waals surface area (Å²) in [5, 5.41) is 1.89. The highest BCUT2D eigenvalue weighted by atomic mass is 32.1. The molecule has 2 aliphatic rings. The zero-order valence-electron chi connectivity index (χ0n) is 14.2. The summed E-state index contributed by atoms with van der Waals surface area (Å²) in [6, 6.07) is 3.69. The predicted octanol–water partition coefficient (Wildman–Crippen LogP) is 1.29. The molecule has 1 unspecified atom stereocenters. The molecule has 3 heterocycles. The van der Waals surface area contributed by atoms with Crippen LogP contribution >= 0.6 is 11.3 Å². The fourth-order valence-corrected chi connectivity index (χ4v) is 4.43. The number of likely N-dealkylation sites (tertiary alicyclic amines) is 1. The van der Waals surface area contributed by atoms with Crippen molar-refractivity contribution in [3.05, 3.63) is 22.4 Å². The Bertz CT molecular complexity index is 646. The summed E-state index contributed by atoms with van der Waals surface area (Å²) in [5.74, 6) is 0.116. The van der Waals surface area contributed by atoms with E-state index in [-0.39, 0.29) is 23.1 Å². The second-order valence-electron chi connectivity index (χ2n) is 6.73. The number of hydrogen-bond acceptors (Lipinski definition) is 4. The van der Waals surface area contributed by atoms with Gasteiger partial charge in [0, 0.05) is 58.0 Å². The van der Waals surface area contributed by atoms with Crippen molar-refractivity contribution < 1.29 is 14.4 Å². The van der Waals surface area contributed by atoms with Crippen molar-refractivity contribution in [1.82, 2.24) is 14.7 Å². The molecule has 2 aliphatic heterocycles. The van der Waals surface area contributed by atoms with Crippen LogP contribution in [0.1, 0.15) is 29.9 Å². The van der Waals surface area contributed by atoms with E-state index in [0.717, 1.165) is 0 Å². The van der Waals surface area contributed by atoms with E-state index in [4.69, 9.17) is 0 Å². The summed E-state index contributed by atoms with van der Waals surface area (Å²) in [6.45, 7) is 6.89. The number of rotatable bonds is 2. The molecule has 0 bridgehead atoms. The molecular formula is C17H23N3O3S. The van der Waals surface area contributed by atoms with Gasteiger partial charge >= 0.3 is 0 Å². The normalized spacial score (nSPS) is 24.6. The minimum atomic E-state index is -0.359. The number of carbonyl (C=O) groups excluding carboxylic acids is 3. The molecule has 3 rings (SSSR count). The topological polar surface area (TPSA) is 60.9 Å². The fraction of sp³-hybridized carbons (Fsp3) is 0.588.